The molecule has 1 rings (SSSR count). The Morgan fingerprint density at radius 1 is 1.14 bits per heavy atom. The summed E-state index contributed by atoms with van der Waals surface area (Å²) >= 11 is 0. The van der Waals surface area contributed by atoms with Crippen molar-refractivity contribution < 1.29 is 14.2 Å². The maximum atomic E-state index is 5.66. The highest BCUT2D eigenvalue weighted by Crippen LogP contribution is 2.29. The molecular formula is C10H15NO3. The van der Waals surface area contributed by atoms with E-state index in [2.05, 4.69) is 0 Å². The third-order valence-electron chi connectivity index (χ3n) is 1.94. The average molecular weight is 197 g/mol. The summed E-state index contributed by atoms with van der Waals surface area (Å²) in [5.41, 5.74) is 7.10. The summed E-state index contributed by atoms with van der Waals surface area (Å²) in [6.45, 7) is 0. The fourth-order valence-electron chi connectivity index (χ4n) is 1.29. The molecule has 0 fully saturated rings. The molecule has 14 heavy (non-hydrogen) atoms. The van der Waals surface area contributed by atoms with Crippen LogP contribution in [0.15, 0.2) is 18.2 Å². The first-order valence-electron chi connectivity index (χ1n) is 4.22. The normalized spacial score (nSPS) is 10.6. The summed E-state index contributed by atoms with van der Waals surface area (Å²) in [6, 6.07) is 5.33. The van der Waals surface area contributed by atoms with Crippen LogP contribution < -0.4 is 10.5 Å². The van der Waals surface area contributed by atoms with Gasteiger partial charge < -0.3 is 19.9 Å². The van der Waals surface area contributed by atoms with Gasteiger partial charge in [-0.1, -0.05) is 0 Å². The molecule has 2 N–H and O–H groups in total. The minimum absolute atomic E-state index is 0.451. The van der Waals surface area contributed by atoms with Gasteiger partial charge in [0.25, 0.3) is 0 Å². The van der Waals surface area contributed by atoms with Crippen molar-refractivity contribution in [2.75, 3.05) is 27.1 Å². The van der Waals surface area contributed by atoms with Crippen LogP contribution >= 0.6 is 0 Å². The van der Waals surface area contributed by atoms with Crippen LogP contribution in [0, 0.1) is 0 Å². The average Bonchev–Trinajstić information content (AvgIpc) is 2.20. The van der Waals surface area contributed by atoms with E-state index in [4.69, 9.17) is 19.9 Å². The number of nitrogen functional groups attached to an aromatic ring is 1. The second kappa shape index (κ2) is 4.83. The summed E-state index contributed by atoms with van der Waals surface area (Å²) in [7, 11) is 4.73. The molecule has 0 unspecified atom stereocenters. The highest BCUT2D eigenvalue weighted by Gasteiger charge is 2.14. The monoisotopic (exact) mass is 197 g/mol. The van der Waals surface area contributed by atoms with E-state index >= 15 is 0 Å². The second-order valence-electron chi connectivity index (χ2n) is 2.80. The molecule has 0 heterocycles. The Labute approximate surface area is 83.6 Å². The largest absolute Gasteiger partial charge is 0.496 e. The number of hydrogen-bond acceptors (Lipinski definition) is 4. The predicted octanol–water partition coefficient (Wildman–Crippen LogP) is 1.57. The zero-order valence-electron chi connectivity index (χ0n) is 8.61. The summed E-state index contributed by atoms with van der Waals surface area (Å²) in [5, 5.41) is 0. The van der Waals surface area contributed by atoms with Gasteiger partial charge in [-0.3, -0.25) is 0 Å². The van der Waals surface area contributed by atoms with E-state index in [0.717, 1.165) is 5.56 Å². The maximum absolute atomic E-state index is 5.66. The van der Waals surface area contributed by atoms with Gasteiger partial charge in [-0.25, -0.2) is 0 Å². The zero-order valence-corrected chi connectivity index (χ0v) is 8.61. The first-order valence-corrected chi connectivity index (χ1v) is 4.22. The van der Waals surface area contributed by atoms with Gasteiger partial charge >= 0.3 is 0 Å². The van der Waals surface area contributed by atoms with E-state index in [1.165, 1.54) is 0 Å². The fourth-order valence-corrected chi connectivity index (χ4v) is 1.29. The summed E-state index contributed by atoms with van der Waals surface area (Å²) in [5.74, 6) is 0.702. The highest BCUT2D eigenvalue weighted by molar-refractivity contribution is 5.48. The van der Waals surface area contributed by atoms with E-state index in [-0.39, 0.29) is 0 Å². The number of nitrogens with two attached hydrogens (primary N) is 1. The molecule has 0 saturated carbocycles. The molecule has 0 aliphatic heterocycles. The van der Waals surface area contributed by atoms with Crippen molar-refractivity contribution in [2.45, 2.75) is 6.29 Å². The number of ether oxygens (including phenoxy) is 3. The number of hydrogen-bond donors (Lipinski definition) is 1. The van der Waals surface area contributed by atoms with Crippen molar-refractivity contribution in [3.8, 4) is 5.75 Å². The lowest BCUT2D eigenvalue weighted by Crippen LogP contribution is -2.06. The van der Waals surface area contributed by atoms with Gasteiger partial charge in [-0.05, 0) is 18.2 Å². The van der Waals surface area contributed by atoms with Crippen molar-refractivity contribution in [1.82, 2.24) is 0 Å². The van der Waals surface area contributed by atoms with E-state index in [1.807, 2.05) is 0 Å². The van der Waals surface area contributed by atoms with Crippen molar-refractivity contribution in [3.63, 3.8) is 0 Å². The number of benzene rings is 1. The summed E-state index contributed by atoms with van der Waals surface area (Å²) in [4.78, 5) is 0. The molecule has 0 amide bonds. The quantitative estimate of drug-likeness (QED) is 0.588. The molecule has 4 nitrogen and oxygen atoms in total. The standard InChI is InChI=1S/C10H15NO3/c1-12-9-5-4-7(11)6-8(9)10(13-2)14-3/h4-6,10H,11H2,1-3H3. The lowest BCUT2D eigenvalue weighted by Gasteiger charge is -2.17. The minimum atomic E-state index is -0.451. The molecule has 0 spiro atoms. The second-order valence-corrected chi connectivity index (χ2v) is 2.80. The molecule has 0 atom stereocenters. The molecule has 4 heteroatoms. The van der Waals surface area contributed by atoms with Crippen molar-refractivity contribution >= 4 is 5.69 Å². The van der Waals surface area contributed by atoms with Crippen LogP contribution in [0.1, 0.15) is 11.9 Å². The van der Waals surface area contributed by atoms with Gasteiger partial charge in [0.1, 0.15) is 5.75 Å². The van der Waals surface area contributed by atoms with E-state index in [1.54, 1.807) is 39.5 Å². The summed E-state index contributed by atoms with van der Waals surface area (Å²) in [6.07, 6.45) is -0.451. The first-order chi connectivity index (χ1) is 6.72. The number of rotatable bonds is 4. The van der Waals surface area contributed by atoms with Crippen LogP contribution in [0.2, 0.25) is 0 Å². The lowest BCUT2D eigenvalue weighted by atomic mass is 10.1. The van der Waals surface area contributed by atoms with Crippen LogP contribution in [-0.2, 0) is 9.47 Å². The minimum Gasteiger partial charge on any atom is -0.496 e. The van der Waals surface area contributed by atoms with Crippen LogP contribution in [0.3, 0.4) is 0 Å². The Morgan fingerprint density at radius 2 is 1.79 bits per heavy atom. The first kappa shape index (κ1) is 10.8. The molecule has 0 saturated heterocycles. The van der Waals surface area contributed by atoms with Crippen LogP contribution in [-0.4, -0.2) is 21.3 Å². The lowest BCUT2D eigenvalue weighted by molar-refractivity contribution is -0.106. The molecule has 78 valence electrons. The van der Waals surface area contributed by atoms with Crippen molar-refractivity contribution in [1.29, 1.82) is 0 Å². The Morgan fingerprint density at radius 3 is 2.29 bits per heavy atom. The molecule has 0 aliphatic rings. The SMILES string of the molecule is COc1ccc(N)cc1C(OC)OC. The molecule has 1 aromatic rings. The van der Waals surface area contributed by atoms with Gasteiger partial charge in [0.15, 0.2) is 6.29 Å². The third-order valence-corrected chi connectivity index (χ3v) is 1.94. The topological polar surface area (TPSA) is 53.7 Å². The maximum Gasteiger partial charge on any atom is 0.186 e. The molecule has 0 bridgehead atoms. The zero-order chi connectivity index (χ0) is 10.6. The van der Waals surface area contributed by atoms with Gasteiger partial charge in [-0.15, -0.1) is 0 Å². The van der Waals surface area contributed by atoms with Gasteiger partial charge in [-0.2, -0.15) is 0 Å². The van der Waals surface area contributed by atoms with E-state index in [9.17, 15) is 0 Å². The highest BCUT2D eigenvalue weighted by atomic mass is 16.7. The number of anilines is 1. The fraction of sp³-hybridized carbons (Fsp3) is 0.400. The molecular weight excluding hydrogens is 182 g/mol. The van der Waals surface area contributed by atoms with Crippen LogP contribution in [0.4, 0.5) is 5.69 Å². The van der Waals surface area contributed by atoms with Gasteiger partial charge in [0, 0.05) is 19.9 Å². The van der Waals surface area contributed by atoms with Crippen molar-refractivity contribution in [2.24, 2.45) is 0 Å². The van der Waals surface area contributed by atoms with E-state index < -0.39 is 6.29 Å². The summed E-state index contributed by atoms with van der Waals surface area (Å²) < 4.78 is 15.4. The third kappa shape index (κ3) is 2.16. The molecule has 0 aromatic heterocycles. The Balaban J connectivity index is 3.08. The smallest absolute Gasteiger partial charge is 0.186 e. The van der Waals surface area contributed by atoms with Crippen LogP contribution in [0.25, 0.3) is 0 Å². The molecule has 0 radical (unpaired) electrons. The Kier molecular flexibility index (Phi) is 3.73. The van der Waals surface area contributed by atoms with E-state index in [0.29, 0.717) is 11.4 Å². The van der Waals surface area contributed by atoms with Gasteiger partial charge in [0.2, 0.25) is 0 Å². The predicted molar refractivity (Wildman–Crippen MR) is 54.2 cm³/mol. The van der Waals surface area contributed by atoms with Gasteiger partial charge in [0.05, 0.1) is 12.7 Å². The van der Waals surface area contributed by atoms with Crippen molar-refractivity contribution in [3.05, 3.63) is 23.8 Å². The number of methoxy groups -OCH3 is 3. The van der Waals surface area contributed by atoms with Crippen LogP contribution in [0.5, 0.6) is 5.75 Å². The Bertz CT molecular complexity index is 297. The molecule has 0 aliphatic carbocycles. The Hall–Kier alpha value is -1.26. The molecule has 1 aromatic carbocycles.